The van der Waals surface area contributed by atoms with Crippen molar-refractivity contribution in [1.29, 1.82) is 0 Å². The fourth-order valence-corrected chi connectivity index (χ4v) is 8.44. The van der Waals surface area contributed by atoms with Gasteiger partial charge in [-0.15, -0.1) is 0 Å². The van der Waals surface area contributed by atoms with E-state index in [-0.39, 0.29) is 16.3 Å². The number of hydrogen-bond acceptors (Lipinski definition) is 3. The Morgan fingerprint density at radius 2 is 1.70 bits per heavy atom. The van der Waals surface area contributed by atoms with Crippen LogP contribution in [-0.2, 0) is 10.0 Å². The highest BCUT2D eigenvalue weighted by molar-refractivity contribution is 9.10. The first-order valence-corrected chi connectivity index (χ1v) is 12.8. The van der Waals surface area contributed by atoms with Crippen molar-refractivity contribution in [3.63, 3.8) is 0 Å². The number of sulfonamides is 1. The molecule has 1 amide bonds. The van der Waals surface area contributed by atoms with Crippen molar-refractivity contribution < 1.29 is 13.2 Å². The SMILES string of the molecule is O=C(NC12CC3CC4CC(C1)C43C2)c1cccc(S(=O)(=O)Nc2ccc(Br)cc2)c1. The maximum absolute atomic E-state index is 13.1. The molecule has 5 nitrogen and oxygen atoms in total. The van der Waals surface area contributed by atoms with E-state index in [1.807, 2.05) is 0 Å². The van der Waals surface area contributed by atoms with E-state index in [4.69, 9.17) is 0 Å². The highest BCUT2D eigenvalue weighted by Gasteiger charge is 2.77. The molecule has 30 heavy (non-hydrogen) atoms. The summed E-state index contributed by atoms with van der Waals surface area (Å²) in [6, 6.07) is 13.2. The number of amides is 1. The first-order valence-electron chi connectivity index (χ1n) is 10.5. The lowest BCUT2D eigenvalue weighted by Crippen LogP contribution is -2.60. The third-order valence-electron chi connectivity index (χ3n) is 8.22. The predicted molar refractivity (Wildman–Crippen MR) is 118 cm³/mol. The summed E-state index contributed by atoms with van der Waals surface area (Å²) in [5.74, 6) is 2.31. The van der Waals surface area contributed by atoms with E-state index in [1.54, 1.807) is 36.4 Å². The zero-order valence-corrected chi connectivity index (χ0v) is 18.8. The number of carbonyl (C=O) groups is 1. The van der Waals surface area contributed by atoms with Crippen LogP contribution in [0.5, 0.6) is 0 Å². The molecule has 0 saturated heterocycles. The van der Waals surface area contributed by atoms with Gasteiger partial charge in [-0.1, -0.05) is 22.0 Å². The predicted octanol–water partition coefficient (Wildman–Crippen LogP) is 4.56. The van der Waals surface area contributed by atoms with Gasteiger partial charge in [-0.25, -0.2) is 8.42 Å². The van der Waals surface area contributed by atoms with Crippen LogP contribution in [0.15, 0.2) is 57.9 Å². The first-order chi connectivity index (χ1) is 14.3. The molecule has 2 bridgehead atoms. The maximum Gasteiger partial charge on any atom is 0.261 e. The summed E-state index contributed by atoms with van der Waals surface area (Å²) in [6.45, 7) is 0. The van der Waals surface area contributed by atoms with Crippen molar-refractivity contribution in [2.45, 2.75) is 42.5 Å². The van der Waals surface area contributed by atoms with Crippen LogP contribution in [0.1, 0.15) is 42.5 Å². The molecule has 156 valence electrons. The van der Waals surface area contributed by atoms with Crippen LogP contribution in [0, 0.1) is 23.2 Å². The normalized spacial score (nSPS) is 35.2. The van der Waals surface area contributed by atoms with E-state index < -0.39 is 10.0 Å². The Morgan fingerprint density at radius 1 is 1.00 bits per heavy atom. The van der Waals surface area contributed by atoms with Crippen molar-refractivity contribution in [3.8, 4) is 0 Å². The second kappa shape index (κ2) is 6.10. The topological polar surface area (TPSA) is 75.3 Å². The molecule has 4 fully saturated rings. The highest BCUT2D eigenvalue weighted by atomic mass is 79.9. The third kappa shape index (κ3) is 2.57. The monoisotopic (exact) mass is 486 g/mol. The quantitative estimate of drug-likeness (QED) is 0.650. The van der Waals surface area contributed by atoms with Gasteiger partial charge in [-0.3, -0.25) is 9.52 Å². The molecule has 2 N–H and O–H groups in total. The largest absolute Gasteiger partial charge is 0.347 e. The van der Waals surface area contributed by atoms with E-state index in [0.717, 1.165) is 41.5 Å². The second-order valence-electron chi connectivity index (χ2n) is 9.63. The van der Waals surface area contributed by atoms with Crippen molar-refractivity contribution in [3.05, 3.63) is 58.6 Å². The van der Waals surface area contributed by atoms with Gasteiger partial charge in [0.1, 0.15) is 0 Å². The lowest BCUT2D eigenvalue weighted by molar-refractivity contribution is -0.175. The molecular weight excluding hydrogens is 464 g/mol. The Morgan fingerprint density at radius 3 is 2.33 bits per heavy atom. The van der Waals surface area contributed by atoms with Gasteiger partial charge < -0.3 is 5.32 Å². The summed E-state index contributed by atoms with van der Waals surface area (Å²) in [6.07, 6.45) is 5.98. The van der Waals surface area contributed by atoms with Crippen LogP contribution >= 0.6 is 15.9 Å². The molecule has 4 aliphatic carbocycles. The molecule has 2 unspecified atom stereocenters. The molecule has 0 heterocycles. The minimum Gasteiger partial charge on any atom is -0.347 e. The number of anilines is 1. The zero-order chi connectivity index (χ0) is 20.7. The summed E-state index contributed by atoms with van der Waals surface area (Å²) >= 11 is 3.34. The Kier molecular flexibility index (Phi) is 3.84. The number of nitrogens with one attached hydrogen (secondary N) is 2. The zero-order valence-electron chi connectivity index (χ0n) is 16.4. The van der Waals surface area contributed by atoms with Crippen molar-refractivity contribution in [2.24, 2.45) is 23.2 Å². The summed E-state index contributed by atoms with van der Waals surface area (Å²) in [5.41, 5.74) is 1.33. The van der Waals surface area contributed by atoms with Crippen LogP contribution in [0.3, 0.4) is 0 Å². The van der Waals surface area contributed by atoms with Crippen molar-refractivity contribution in [1.82, 2.24) is 5.32 Å². The summed E-state index contributed by atoms with van der Waals surface area (Å²) in [5, 5.41) is 3.33. The van der Waals surface area contributed by atoms with Crippen LogP contribution in [-0.4, -0.2) is 19.9 Å². The fraction of sp³-hybridized carbons (Fsp3) is 0.435. The average Bonchev–Trinajstić information content (AvgIpc) is 3.16. The van der Waals surface area contributed by atoms with Gasteiger partial charge in [-0.2, -0.15) is 0 Å². The smallest absolute Gasteiger partial charge is 0.261 e. The fourth-order valence-electron chi connectivity index (χ4n) is 7.07. The molecule has 2 aromatic rings. The minimum absolute atomic E-state index is 0.0811. The van der Waals surface area contributed by atoms with Crippen LogP contribution in [0.25, 0.3) is 0 Å². The number of carbonyl (C=O) groups excluding carboxylic acids is 1. The molecular formula is C23H23BrN2O3S. The van der Waals surface area contributed by atoms with Gasteiger partial charge in [0.15, 0.2) is 0 Å². The molecule has 0 radical (unpaired) electrons. The molecule has 2 aromatic carbocycles. The lowest BCUT2D eigenvalue weighted by atomic mass is 9.38. The van der Waals surface area contributed by atoms with E-state index in [1.165, 1.54) is 25.0 Å². The molecule has 7 heteroatoms. The number of benzene rings is 2. The molecule has 0 aliphatic heterocycles. The Balaban J connectivity index is 1.21. The van der Waals surface area contributed by atoms with Gasteiger partial charge >= 0.3 is 0 Å². The maximum atomic E-state index is 13.1. The minimum atomic E-state index is -3.78. The van der Waals surface area contributed by atoms with Crippen LogP contribution < -0.4 is 10.0 Å². The molecule has 4 saturated carbocycles. The lowest BCUT2D eigenvalue weighted by Gasteiger charge is -2.66. The number of fused-ring (bicyclic) bond motifs is 1. The average molecular weight is 487 g/mol. The van der Waals surface area contributed by atoms with E-state index in [2.05, 4.69) is 26.0 Å². The second-order valence-corrected chi connectivity index (χ2v) is 12.2. The first kappa shape index (κ1) is 18.9. The number of halogens is 1. The highest BCUT2D eigenvalue weighted by Crippen LogP contribution is 2.82. The molecule has 2 atom stereocenters. The molecule has 1 spiro atoms. The Labute approximate surface area is 184 Å². The summed E-state index contributed by atoms with van der Waals surface area (Å²) in [7, 11) is -3.78. The van der Waals surface area contributed by atoms with Crippen molar-refractivity contribution in [2.75, 3.05) is 4.72 Å². The Bertz CT molecular complexity index is 1150. The summed E-state index contributed by atoms with van der Waals surface area (Å²) < 4.78 is 29.1. The van der Waals surface area contributed by atoms with Gasteiger partial charge in [-0.05, 0) is 97.7 Å². The number of rotatable bonds is 5. The Hall–Kier alpha value is -1.86. The third-order valence-corrected chi connectivity index (χ3v) is 10.1. The van der Waals surface area contributed by atoms with Gasteiger partial charge in [0.25, 0.3) is 15.9 Å². The standard InChI is InChI=1S/C23H23BrN2O3S/c24-18-4-6-19(7-5-18)26-30(28,29)20-3-1-2-14(8-20)21(27)25-22-11-16-9-15-10-17(12-22)23(15,16)13-22/h1-8,15-17,26H,9-13H2,(H,25,27). The van der Waals surface area contributed by atoms with Gasteiger partial charge in [0, 0.05) is 21.3 Å². The van der Waals surface area contributed by atoms with E-state index >= 15 is 0 Å². The van der Waals surface area contributed by atoms with Crippen molar-refractivity contribution >= 4 is 37.5 Å². The molecule has 0 aromatic heterocycles. The summed E-state index contributed by atoms with van der Waals surface area (Å²) in [4.78, 5) is 13.2. The molecule has 6 rings (SSSR count). The molecule has 4 aliphatic rings. The van der Waals surface area contributed by atoms with Crippen LogP contribution in [0.2, 0.25) is 0 Å². The van der Waals surface area contributed by atoms with Gasteiger partial charge in [0.2, 0.25) is 0 Å². The van der Waals surface area contributed by atoms with Crippen LogP contribution in [0.4, 0.5) is 5.69 Å². The van der Waals surface area contributed by atoms with Gasteiger partial charge in [0.05, 0.1) is 4.90 Å². The number of hydrogen-bond donors (Lipinski definition) is 2. The van der Waals surface area contributed by atoms with E-state index in [0.29, 0.717) is 16.7 Å². The van der Waals surface area contributed by atoms with E-state index in [9.17, 15) is 13.2 Å².